The first kappa shape index (κ1) is 23.3. The molecule has 143 valence electrons. The molecular weight excluding hydrogens is 572 g/mol. The number of nitro groups is 1. The zero-order chi connectivity index (χ0) is 21.5. The van der Waals surface area contributed by atoms with Crippen molar-refractivity contribution in [3.8, 4) is 5.75 Å². The third-order valence-electron chi connectivity index (χ3n) is 3.11. The fourth-order valence-electron chi connectivity index (χ4n) is 1.76. The predicted octanol–water partition coefficient (Wildman–Crippen LogP) is 3.70. The minimum atomic E-state index is -5.08. The van der Waals surface area contributed by atoms with Crippen LogP contribution in [0.25, 0.3) is 6.08 Å². The van der Waals surface area contributed by atoms with E-state index in [1.54, 1.807) is 30.3 Å². The van der Waals surface area contributed by atoms with Crippen LogP contribution in [0.3, 0.4) is 0 Å². The van der Waals surface area contributed by atoms with Crippen LogP contribution in [0.1, 0.15) is 15.9 Å². The maximum Gasteiger partial charge on any atom is 0.490 e. The van der Waals surface area contributed by atoms with Crippen LogP contribution in [0.5, 0.6) is 5.75 Å². The first-order chi connectivity index (χ1) is 12.9. The number of carboxylic acid groups (broad SMARTS) is 1. The van der Waals surface area contributed by atoms with Crippen molar-refractivity contribution in [2.75, 3.05) is 0 Å². The molecule has 2 aromatic carbocycles. The van der Waals surface area contributed by atoms with E-state index >= 15 is 0 Å². The number of alkyl halides is 3. The van der Waals surface area contributed by atoms with E-state index in [-0.39, 0.29) is 43.3 Å². The minimum Gasteiger partial charge on any atom is -0.475 e. The third kappa shape index (κ3) is 7.47. The molecule has 0 aliphatic carbocycles. The molecule has 0 aliphatic rings. The molecule has 0 amide bonds. The van der Waals surface area contributed by atoms with Gasteiger partial charge in [0, 0.05) is 0 Å². The number of ketones is 1. The number of phenolic OH excluding ortho intramolecular Hbond substituents is 1. The summed E-state index contributed by atoms with van der Waals surface area (Å²) in [5, 5.41) is 26.9. The van der Waals surface area contributed by atoms with Gasteiger partial charge in [-0.3, -0.25) is 0 Å². The number of allylic oxidation sites excluding steroid dienone is 1. The fourth-order valence-corrected chi connectivity index (χ4v) is 3.47. The van der Waals surface area contributed by atoms with E-state index < -0.39 is 17.1 Å². The minimum absolute atomic E-state index is 0.0335. The Labute approximate surface area is 172 Å². The molecule has 0 saturated heterocycles. The first-order valence-electron chi connectivity index (χ1n) is 7.33. The van der Waals surface area contributed by atoms with E-state index in [2.05, 4.69) is 0 Å². The molecule has 0 aromatic heterocycles. The van der Waals surface area contributed by atoms with Crippen LogP contribution in [-0.2, 0) is 30.9 Å². The average Bonchev–Trinajstić information content (AvgIpc) is 2.62. The van der Waals surface area contributed by atoms with Gasteiger partial charge >= 0.3 is 149 Å². The summed E-state index contributed by atoms with van der Waals surface area (Å²) in [6, 6.07) is 12.2. The van der Waals surface area contributed by atoms with Gasteiger partial charge < -0.3 is 5.11 Å². The van der Waals surface area contributed by atoms with Gasteiger partial charge in [-0.15, -0.1) is 0 Å². The molecule has 11 heteroatoms. The molecule has 0 heterocycles. The second-order valence-corrected chi connectivity index (χ2v) is 8.16. The molecule has 0 atom stereocenters. The molecule has 7 nitrogen and oxygen atoms in total. The molecule has 0 fully saturated rings. The fraction of sp³-hybridized carbons (Fsp3) is 0.0588. The summed E-state index contributed by atoms with van der Waals surface area (Å²) in [5.74, 6) is -2.69. The smallest absolute Gasteiger partial charge is 0.475 e. The van der Waals surface area contributed by atoms with Gasteiger partial charge in [-0.25, -0.2) is 4.79 Å². The Kier molecular flexibility index (Phi) is 8.29. The number of nitro benzene ring substituents is 1. The van der Waals surface area contributed by atoms with Crippen LogP contribution in [0.2, 0.25) is 0 Å². The van der Waals surface area contributed by atoms with E-state index in [4.69, 9.17) is 9.90 Å². The van der Waals surface area contributed by atoms with E-state index in [0.29, 0.717) is 8.65 Å². The quantitative estimate of drug-likeness (QED) is 0.187. The van der Waals surface area contributed by atoms with Gasteiger partial charge in [-0.1, -0.05) is 0 Å². The summed E-state index contributed by atoms with van der Waals surface area (Å²) in [6.45, 7) is 0. The van der Waals surface area contributed by atoms with Crippen molar-refractivity contribution in [2.45, 2.75) is 6.18 Å². The number of benzene rings is 2. The molecule has 0 unspecified atom stereocenters. The topological polar surface area (TPSA) is 118 Å². The van der Waals surface area contributed by atoms with Crippen molar-refractivity contribution in [1.29, 1.82) is 0 Å². The van der Waals surface area contributed by atoms with Crippen LogP contribution in [0.15, 0.2) is 51.6 Å². The number of carbonyl (C=O) groups excluding carboxylic acids is 1. The predicted molar refractivity (Wildman–Crippen MR) is 87.2 cm³/mol. The first-order valence-corrected chi connectivity index (χ1v) is 10.1. The molecular formula is C17H11F3HgNO6. The Balaban J connectivity index is 0.000000480. The summed E-state index contributed by atoms with van der Waals surface area (Å²) in [6.07, 6.45) is -3.30. The van der Waals surface area contributed by atoms with Crippen LogP contribution >= 0.6 is 0 Å². The molecule has 2 N–H and O–H groups in total. The summed E-state index contributed by atoms with van der Waals surface area (Å²) >= 11 is 0.100. The number of hydrogen-bond acceptors (Lipinski definition) is 5. The van der Waals surface area contributed by atoms with Crippen molar-refractivity contribution >= 4 is 23.5 Å². The number of non-ortho nitro benzene ring substituents is 1. The molecule has 0 aliphatic heterocycles. The second-order valence-electron chi connectivity index (χ2n) is 5.20. The molecule has 2 rings (SSSR count). The number of aromatic hydroxyl groups is 1. The largest absolute Gasteiger partial charge is 0.490 e. The monoisotopic (exact) mass is 584 g/mol. The van der Waals surface area contributed by atoms with Crippen LogP contribution in [0, 0.1) is 10.1 Å². The van der Waals surface area contributed by atoms with Crippen molar-refractivity contribution in [3.63, 3.8) is 0 Å². The average molecular weight is 583 g/mol. The number of nitrogens with zero attached hydrogens (tertiary/aromatic N) is 1. The van der Waals surface area contributed by atoms with Gasteiger partial charge in [0.2, 0.25) is 0 Å². The second kappa shape index (κ2) is 9.97. The standard InChI is InChI=1S/C15H10NO4.C2HF3O2.Hg/c17-14-8-1-11(2-9-14)3-10-15(18)12-4-6-13(7-5-12)16(19)20;3-2(4,5)1(6)7;/h1-9,17H;(H,6,7);. The summed E-state index contributed by atoms with van der Waals surface area (Å²) in [4.78, 5) is 31.2. The van der Waals surface area contributed by atoms with E-state index in [1.165, 1.54) is 24.3 Å². The van der Waals surface area contributed by atoms with Crippen molar-refractivity contribution < 1.29 is 64.0 Å². The zero-order valence-electron chi connectivity index (χ0n) is 14.0. The van der Waals surface area contributed by atoms with Crippen LogP contribution < -0.4 is 0 Å². The third-order valence-corrected chi connectivity index (χ3v) is 5.15. The van der Waals surface area contributed by atoms with Crippen LogP contribution in [0.4, 0.5) is 18.9 Å². The van der Waals surface area contributed by atoms with Crippen molar-refractivity contribution in [2.24, 2.45) is 0 Å². The molecule has 0 saturated carbocycles. The Morgan fingerprint density at radius 3 is 1.89 bits per heavy atom. The SMILES string of the molecule is O=C(/[C]([Hg])=C/c1ccc(O)cc1)c1ccc([N+](=O)[O-])cc1.O=C(O)C(F)(F)F. The van der Waals surface area contributed by atoms with Crippen molar-refractivity contribution in [3.05, 3.63) is 72.9 Å². The Hall–Kier alpha value is -2.75. The molecule has 0 spiro atoms. The maximum absolute atomic E-state index is 12.3. The number of phenols is 1. The van der Waals surface area contributed by atoms with Gasteiger partial charge in [0.25, 0.3) is 0 Å². The maximum atomic E-state index is 12.3. The number of hydrogen-bond donors (Lipinski definition) is 2. The number of Topliss-reactive ketones (excluding diaryl/α,β-unsaturated/α-hetero) is 1. The summed E-state index contributed by atoms with van der Waals surface area (Å²) in [7, 11) is 0. The van der Waals surface area contributed by atoms with Crippen molar-refractivity contribution in [1.82, 2.24) is 0 Å². The number of halogens is 3. The van der Waals surface area contributed by atoms with E-state index in [0.717, 1.165) is 5.56 Å². The van der Waals surface area contributed by atoms with Gasteiger partial charge in [-0.05, 0) is 0 Å². The Bertz CT molecular complexity index is 893. The summed E-state index contributed by atoms with van der Waals surface area (Å²) in [5.41, 5.74) is 1.25. The van der Waals surface area contributed by atoms with E-state index in [1.807, 2.05) is 0 Å². The molecule has 28 heavy (non-hydrogen) atoms. The van der Waals surface area contributed by atoms with Gasteiger partial charge in [0.1, 0.15) is 0 Å². The molecule has 0 bridgehead atoms. The Morgan fingerprint density at radius 2 is 1.50 bits per heavy atom. The molecule has 2 aromatic rings. The van der Waals surface area contributed by atoms with Gasteiger partial charge in [-0.2, -0.15) is 13.2 Å². The number of rotatable bonds is 4. The number of aliphatic carboxylic acids is 1. The zero-order valence-corrected chi connectivity index (χ0v) is 19.5. The summed E-state index contributed by atoms with van der Waals surface area (Å²) < 4.78 is 32.4. The van der Waals surface area contributed by atoms with Crippen LogP contribution in [-0.4, -0.2) is 33.1 Å². The van der Waals surface area contributed by atoms with E-state index in [9.17, 15) is 33.2 Å². The number of carboxylic acids is 1. The number of carbonyl (C=O) groups is 2. The van der Waals surface area contributed by atoms with Gasteiger partial charge in [0.05, 0.1) is 0 Å². The normalized spacial score (nSPS) is 11.2. The van der Waals surface area contributed by atoms with Gasteiger partial charge in [0.15, 0.2) is 0 Å². The molecule has 0 radical (unpaired) electrons. The Morgan fingerprint density at radius 1 is 1.04 bits per heavy atom.